The minimum Gasteiger partial charge on any atom is -0.377 e. The Bertz CT molecular complexity index is 780. The Morgan fingerprint density at radius 3 is 3.00 bits per heavy atom. The molecule has 0 aliphatic carbocycles. The maximum atomic E-state index is 12.3. The van der Waals surface area contributed by atoms with Crippen LogP contribution in [0.1, 0.15) is 31.2 Å². The molecule has 2 aromatic rings. The molecule has 0 saturated carbocycles. The Labute approximate surface area is 165 Å². The van der Waals surface area contributed by atoms with Crippen molar-refractivity contribution in [2.45, 2.75) is 45.5 Å². The summed E-state index contributed by atoms with van der Waals surface area (Å²) < 4.78 is 7.98. The van der Waals surface area contributed by atoms with Crippen molar-refractivity contribution in [3.05, 3.63) is 42.2 Å². The van der Waals surface area contributed by atoms with Crippen molar-refractivity contribution >= 4 is 5.91 Å². The molecule has 0 spiro atoms. The van der Waals surface area contributed by atoms with Gasteiger partial charge in [-0.1, -0.05) is 0 Å². The Hall–Kier alpha value is -2.32. The van der Waals surface area contributed by atoms with Crippen molar-refractivity contribution < 1.29 is 9.53 Å². The van der Waals surface area contributed by atoms with Crippen LogP contribution in [0.5, 0.6) is 0 Å². The fraction of sp³-hybridized carbons (Fsp3) is 0.600. The van der Waals surface area contributed by atoms with Gasteiger partial charge in [0.15, 0.2) is 0 Å². The number of hydrogen-bond acceptors (Lipinski definition) is 6. The SMILES string of the molecule is CCn1cc(CN2CC[C@@H]3[C@@H](CO[C@H]3CC(=O)NCc3ncccn3)C2)cn1. The second-order valence-corrected chi connectivity index (χ2v) is 7.67. The predicted molar refractivity (Wildman–Crippen MR) is 103 cm³/mol. The first kappa shape index (κ1) is 19.0. The number of rotatable bonds is 7. The van der Waals surface area contributed by atoms with Gasteiger partial charge < -0.3 is 10.1 Å². The average Bonchev–Trinajstić information content (AvgIpc) is 3.34. The van der Waals surface area contributed by atoms with Gasteiger partial charge in [0.1, 0.15) is 5.82 Å². The number of carbonyl (C=O) groups is 1. The number of carbonyl (C=O) groups excluding carboxylic acids is 1. The molecule has 2 aliphatic heterocycles. The zero-order valence-electron chi connectivity index (χ0n) is 16.3. The Kier molecular flexibility index (Phi) is 5.97. The smallest absolute Gasteiger partial charge is 0.222 e. The van der Waals surface area contributed by atoms with Gasteiger partial charge in [0.25, 0.3) is 0 Å². The molecule has 0 unspecified atom stereocenters. The lowest BCUT2D eigenvalue weighted by atomic mass is 9.83. The first-order valence-corrected chi connectivity index (χ1v) is 10.1. The largest absolute Gasteiger partial charge is 0.377 e. The second kappa shape index (κ2) is 8.79. The molecular weight excluding hydrogens is 356 g/mol. The number of piperidine rings is 1. The molecule has 2 fully saturated rings. The molecule has 8 heteroatoms. The van der Waals surface area contributed by atoms with Crippen LogP contribution in [-0.4, -0.2) is 56.4 Å². The molecule has 8 nitrogen and oxygen atoms in total. The summed E-state index contributed by atoms with van der Waals surface area (Å²) in [6.45, 7) is 7.11. The molecule has 1 N–H and O–H groups in total. The number of hydrogen-bond donors (Lipinski definition) is 1. The normalized spacial score (nSPS) is 24.8. The average molecular weight is 384 g/mol. The first-order valence-electron chi connectivity index (χ1n) is 10.1. The lowest BCUT2D eigenvalue weighted by Gasteiger charge is -2.35. The van der Waals surface area contributed by atoms with Gasteiger partial charge in [-0.2, -0.15) is 5.10 Å². The molecule has 2 saturated heterocycles. The van der Waals surface area contributed by atoms with Gasteiger partial charge in [0.2, 0.25) is 5.91 Å². The number of aryl methyl sites for hydroxylation is 1. The van der Waals surface area contributed by atoms with Gasteiger partial charge in [-0.3, -0.25) is 14.4 Å². The number of fused-ring (bicyclic) bond motifs is 1. The van der Waals surface area contributed by atoms with E-state index in [1.54, 1.807) is 18.5 Å². The van der Waals surface area contributed by atoms with Gasteiger partial charge in [-0.05, 0) is 31.9 Å². The Morgan fingerprint density at radius 1 is 1.36 bits per heavy atom. The highest BCUT2D eigenvalue weighted by Crippen LogP contribution is 2.36. The second-order valence-electron chi connectivity index (χ2n) is 7.67. The van der Waals surface area contributed by atoms with E-state index >= 15 is 0 Å². The van der Waals surface area contributed by atoms with Gasteiger partial charge >= 0.3 is 0 Å². The first-order chi connectivity index (χ1) is 13.7. The number of nitrogens with one attached hydrogen (secondary N) is 1. The van der Waals surface area contributed by atoms with Crippen LogP contribution in [0.4, 0.5) is 0 Å². The standard InChI is InChI=1S/C20H28N6O2/c1-2-26-12-15(9-24-26)11-25-7-4-17-16(13-25)14-28-18(17)8-20(27)23-10-19-21-5-3-6-22-19/h3,5-6,9,12,16-18H,2,4,7-8,10-11,13-14H2,1H3,(H,23,27)/t16-,17-,18+/m1/s1. The summed E-state index contributed by atoms with van der Waals surface area (Å²) in [5.74, 6) is 1.60. The van der Waals surface area contributed by atoms with Crippen molar-refractivity contribution in [3.63, 3.8) is 0 Å². The topological polar surface area (TPSA) is 85.2 Å². The van der Waals surface area contributed by atoms with Crippen molar-refractivity contribution in [1.82, 2.24) is 30.0 Å². The molecular formula is C20H28N6O2. The lowest BCUT2D eigenvalue weighted by molar-refractivity contribution is -0.124. The van der Waals surface area contributed by atoms with Crippen LogP contribution < -0.4 is 5.32 Å². The van der Waals surface area contributed by atoms with Crippen LogP contribution in [0.15, 0.2) is 30.9 Å². The molecule has 3 atom stereocenters. The van der Waals surface area contributed by atoms with Crippen LogP contribution in [0.25, 0.3) is 0 Å². The van der Waals surface area contributed by atoms with E-state index in [1.807, 2.05) is 10.9 Å². The van der Waals surface area contributed by atoms with Crippen molar-refractivity contribution in [1.29, 1.82) is 0 Å². The number of amides is 1. The Morgan fingerprint density at radius 2 is 2.21 bits per heavy atom. The summed E-state index contributed by atoms with van der Waals surface area (Å²) in [5, 5.41) is 7.27. The highest BCUT2D eigenvalue weighted by atomic mass is 16.5. The van der Waals surface area contributed by atoms with Crippen molar-refractivity contribution in [2.75, 3.05) is 19.7 Å². The van der Waals surface area contributed by atoms with E-state index in [0.717, 1.165) is 39.2 Å². The fourth-order valence-corrected chi connectivity index (χ4v) is 4.29. The molecule has 0 bridgehead atoms. The minimum absolute atomic E-state index is 0.00696. The van der Waals surface area contributed by atoms with Crippen molar-refractivity contribution in [2.24, 2.45) is 11.8 Å². The zero-order chi connectivity index (χ0) is 19.3. The molecule has 0 aromatic carbocycles. The van der Waals surface area contributed by atoms with E-state index in [4.69, 9.17) is 4.74 Å². The molecule has 0 radical (unpaired) electrons. The summed E-state index contributed by atoms with van der Waals surface area (Å²) in [4.78, 5) is 23.1. The molecule has 2 aliphatic rings. The van der Waals surface area contributed by atoms with Gasteiger partial charge in [0.05, 0.1) is 31.9 Å². The van der Waals surface area contributed by atoms with Gasteiger partial charge in [-0.25, -0.2) is 9.97 Å². The van der Waals surface area contributed by atoms with E-state index in [0.29, 0.717) is 30.6 Å². The molecule has 1 amide bonds. The fourth-order valence-electron chi connectivity index (χ4n) is 4.29. The summed E-state index contributed by atoms with van der Waals surface area (Å²) in [6.07, 6.45) is 8.96. The summed E-state index contributed by atoms with van der Waals surface area (Å²) in [6, 6.07) is 1.76. The molecule has 4 heterocycles. The number of aromatic nitrogens is 4. The predicted octanol–water partition coefficient (Wildman–Crippen LogP) is 1.24. The van der Waals surface area contributed by atoms with Crippen LogP contribution >= 0.6 is 0 Å². The number of nitrogens with zero attached hydrogens (tertiary/aromatic N) is 5. The third kappa shape index (κ3) is 4.56. The van der Waals surface area contributed by atoms with E-state index in [2.05, 4.69) is 38.4 Å². The van der Waals surface area contributed by atoms with Crippen LogP contribution in [0, 0.1) is 11.8 Å². The maximum Gasteiger partial charge on any atom is 0.222 e. The number of likely N-dealkylation sites (tertiary alicyclic amines) is 1. The molecule has 2 aromatic heterocycles. The monoisotopic (exact) mass is 384 g/mol. The van der Waals surface area contributed by atoms with E-state index < -0.39 is 0 Å². The lowest BCUT2D eigenvalue weighted by Crippen LogP contribution is -2.41. The highest BCUT2D eigenvalue weighted by Gasteiger charge is 2.41. The highest BCUT2D eigenvalue weighted by molar-refractivity contribution is 5.76. The maximum absolute atomic E-state index is 12.3. The molecule has 28 heavy (non-hydrogen) atoms. The van der Waals surface area contributed by atoms with Crippen LogP contribution in [0.3, 0.4) is 0 Å². The Balaban J connectivity index is 1.24. The quantitative estimate of drug-likeness (QED) is 0.773. The third-order valence-corrected chi connectivity index (χ3v) is 5.75. The van der Waals surface area contributed by atoms with Crippen LogP contribution in [0.2, 0.25) is 0 Å². The van der Waals surface area contributed by atoms with E-state index in [-0.39, 0.29) is 12.0 Å². The third-order valence-electron chi connectivity index (χ3n) is 5.75. The van der Waals surface area contributed by atoms with Gasteiger partial charge in [0, 0.05) is 49.7 Å². The van der Waals surface area contributed by atoms with Gasteiger partial charge in [-0.15, -0.1) is 0 Å². The number of ether oxygens (including phenoxy) is 1. The summed E-state index contributed by atoms with van der Waals surface area (Å²) in [7, 11) is 0. The molecule has 4 rings (SSSR count). The minimum atomic E-state index is 0.00696. The summed E-state index contributed by atoms with van der Waals surface area (Å²) in [5.41, 5.74) is 1.26. The summed E-state index contributed by atoms with van der Waals surface area (Å²) >= 11 is 0. The van der Waals surface area contributed by atoms with E-state index in [9.17, 15) is 4.79 Å². The van der Waals surface area contributed by atoms with Crippen LogP contribution in [-0.2, 0) is 29.2 Å². The van der Waals surface area contributed by atoms with Crippen molar-refractivity contribution in [3.8, 4) is 0 Å². The molecule has 150 valence electrons. The van der Waals surface area contributed by atoms with E-state index in [1.165, 1.54) is 5.56 Å². The zero-order valence-corrected chi connectivity index (χ0v) is 16.3.